The molecule has 0 spiro atoms. The Hall–Kier alpha value is -2.98. The number of nitrogens with two attached hydrogens (primary N) is 1. The maximum atomic E-state index is 15.0. The molecule has 3 heterocycles. The summed E-state index contributed by atoms with van der Waals surface area (Å²) in [6, 6.07) is 3.00. The van der Waals surface area contributed by atoms with Gasteiger partial charge in [-0.25, -0.2) is 15.0 Å². The van der Waals surface area contributed by atoms with E-state index < -0.39 is 17.2 Å². The van der Waals surface area contributed by atoms with Gasteiger partial charge < -0.3 is 14.6 Å². The number of carboxylic acid groups (broad SMARTS) is 1. The molecule has 1 unspecified atom stereocenters. The SMILES string of the molecule is NN1CN=C(C2CCN(c3cc4c(cc3F)c(=O)c(C(=O)O)cn4C3CC3)C2)N1. The van der Waals surface area contributed by atoms with Crippen molar-refractivity contribution in [3.63, 3.8) is 0 Å². The molecule has 1 aromatic carbocycles. The van der Waals surface area contributed by atoms with Crippen molar-refractivity contribution in [2.45, 2.75) is 25.3 Å². The van der Waals surface area contributed by atoms with Gasteiger partial charge in [0.2, 0.25) is 5.43 Å². The second-order valence-electron chi connectivity index (χ2n) is 7.83. The Balaban J connectivity index is 1.55. The smallest absolute Gasteiger partial charge is 0.341 e. The van der Waals surface area contributed by atoms with Crippen LogP contribution in [0.25, 0.3) is 10.9 Å². The van der Waals surface area contributed by atoms with Gasteiger partial charge in [0.1, 0.15) is 23.9 Å². The minimum absolute atomic E-state index is 0.106. The Morgan fingerprint density at radius 2 is 2.10 bits per heavy atom. The lowest BCUT2D eigenvalue weighted by Gasteiger charge is -2.21. The second kappa shape index (κ2) is 6.53. The van der Waals surface area contributed by atoms with E-state index in [2.05, 4.69) is 10.4 Å². The van der Waals surface area contributed by atoms with Gasteiger partial charge in [-0.2, -0.15) is 0 Å². The van der Waals surface area contributed by atoms with Crippen LogP contribution in [0.1, 0.15) is 35.7 Å². The molecule has 2 aromatic rings. The monoisotopic (exact) mass is 400 g/mol. The summed E-state index contributed by atoms with van der Waals surface area (Å²) in [6.07, 6.45) is 4.03. The first-order valence-electron chi connectivity index (χ1n) is 9.62. The topological polar surface area (TPSA) is 116 Å². The van der Waals surface area contributed by atoms with Gasteiger partial charge in [-0.15, -0.1) is 5.12 Å². The molecule has 0 radical (unpaired) electrons. The van der Waals surface area contributed by atoms with E-state index in [1.54, 1.807) is 6.07 Å². The maximum Gasteiger partial charge on any atom is 0.341 e. The molecule has 0 amide bonds. The summed E-state index contributed by atoms with van der Waals surface area (Å²) in [6.45, 7) is 1.62. The number of anilines is 1. The van der Waals surface area contributed by atoms with Crippen molar-refractivity contribution >= 4 is 28.4 Å². The number of fused-ring (bicyclic) bond motifs is 1. The summed E-state index contributed by atoms with van der Waals surface area (Å²) in [7, 11) is 0. The van der Waals surface area contributed by atoms with Gasteiger partial charge in [-0.3, -0.25) is 15.2 Å². The number of nitrogens with one attached hydrogen (secondary N) is 1. The Morgan fingerprint density at radius 1 is 1.31 bits per heavy atom. The van der Waals surface area contributed by atoms with Crippen molar-refractivity contribution in [2.75, 3.05) is 24.7 Å². The number of benzene rings is 1. The van der Waals surface area contributed by atoms with E-state index in [0.29, 0.717) is 31.0 Å². The molecule has 2 aliphatic heterocycles. The molecule has 3 aliphatic rings. The van der Waals surface area contributed by atoms with Gasteiger partial charge in [0.15, 0.2) is 0 Å². The minimum atomic E-state index is -1.29. The Bertz CT molecular complexity index is 1110. The van der Waals surface area contributed by atoms with E-state index in [-0.39, 0.29) is 22.9 Å². The third-order valence-corrected chi connectivity index (χ3v) is 5.84. The lowest BCUT2D eigenvalue weighted by Crippen LogP contribution is -2.44. The summed E-state index contributed by atoms with van der Waals surface area (Å²) in [5.74, 6) is 4.79. The zero-order valence-electron chi connectivity index (χ0n) is 15.6. The third kappa shape index (κ3) is 3.04. The molecule has 4 N–H and O–H groups in total. The number of amidine groups is 1. The highest BCUT2D eigenvalue weighted by Crippen LogP contribution is 2.38. The van der Waals surface area contributed by atoms with E-state index in [0.717, 1.165) is 25.1 Å². The Labute approximate surface area is 165 Å². The molecule has 1 saturated carbocycles. The molecule has 1 atom stereocenters. The summed E-state index contributed by atoms with van der Waals surface area (Å²) < 4.78 is 16.8. The second-order valence-corrected chi connectivity index (χ2v) is 7.83. The zero-order chi connectivity index (χ0) is 20.3. The number of aromatic nitrogens is 1. The normalized spacial score (nSPS) is 22.2. The molecule has 1 aliphatic carbocycles. The van der Waals surface area contributed by atoms with Gasteiger partial charge in [0.25, 0.3) is 0 Å². The Morgan fingerprint density at radius 3 is 2.76 bits per heavy atom. The number of pyridine rings is 1. The van der Waals surface area contributed by atoms with Crippen molar-refractivity contribution in [1.29, 1.82) is 0 Å². The number of rotatable bonds is 4. The lowest BCUT2D eigenvalue weighted by atomic mass is 10.1. The number of hydrogen-bond donors (Lipinski definition) is 3. The predicted molar refractivity (Wildman–Crippen MR) is 105 cm³/mol. The van der Waals surface area contributed by atoms with Crippen LogP contribution >= 0.6 is 0 Å². The molecule has 9 nitrogen and oxygen atoms in total. The molecule has 152 valence electrons. The summed E-state index contributed by atoms with van der Waals surface area (Å²) in [4.78, 5) is 30.4. The van der Waals surface area contributed by atoms with E-state index in [1.807, 2.05) is 9.47 Å². The van der Waals surface area contributed by atoms with E-state index in [9.17, 15) is 19.1 Å². The fraction of sp³-hybridized carbons (Fsp3) is 0.421. The number of hydrogen-bond acceptors (Lipinski definition) is 7. The summed E-state index contributed by atoms with van der Waals surface area (Å²) in [5, 5.41) is 10.9. The Kier molecular flexibility index (Phi) is 4.07. The molecule has 1 aromatic heterocycles. The predicted octanol–water partition coefficient (Wildman–Crippen LogP) is 1.05. The van der Waals surface area contributed by atoms with Crippen LogP contribution in [0.4, 0.5) is 10.1 Å². The molecule has 10 heteroatoms. The van der Waals surface area contributed by atoms with Crippen molar-refractivity contribution < 1.29 is 14.3 Å². The van der Waals surface area contributed by atoms with Crippen LogP contribution in [-0.2, 0) is 0 Å². The van der Waals surface area contributed by atoms with Crippen LogP contribution in [-0.4, -0.2) is 46.4 Å². The molecular formula is C19H21FN6O3. The number of hydrazine groups is 2. The molecule has 1 saturated heterocycles. The van der Waals surface area contributed by atoms with E-state index in [1.165, 1.54) is 17.4 Å². The number of aromatic carboxylic acids is 1. The zero-order valence-corrected chi connectivity index (χ0v) is 15.6. The average molecular weight is 400 g/mol. The number of carbonyl (C=O) groups is 1. The van der Waals surface area contributed by atoms with Crippen LogP contribution in [0.15, 0.2) is 28.1 Å². The highest BCUT2D eigenvalue weighted by atomic mass is 19.1. The molecule has 29 heavy (non-hydrogen) atoms. The van der Waals surface area contributed by atoms with Crippen molar-refractivity contribution in [1.82, 2.24) is 15.1 Å². The average Bonchev–Trinajstić information content (AvgIpc) is 3.24. The highest BCUT2D eigenvalue weighted by Gasteiger charge is 2.32. The van der Waals surface area contributed by atoms with Crippen molar-refractivity contribution in [3.8, 4) is 0 Å². The standard InChI is InChI=1S/C19H21FN6O3/c20-14-5-12-15(25(11-1-2-11)8-13(17(12)27)19(28)29)6-16(14)24-4-3-10(7-24)18-22-9-26(21)23-18/h5-6,8,10-11H,1-4,7,9,21H2,(H,22,23)(H,28,29). The quantitative estimate of drug-likeness (QED) is 0.657. The first-order valence-corrected chi connectivity index (χ1v) is 9.62. The van der Waals surface area contributed by atoms with E-state index >= 15 is 0 Å². The van der Waals surface area contributed by atoms with Gasteiger partial charge in [0, 0.05) is 36.6 Å². The van der Waals surface area contributed by atoms with Gasteiger partial charge in [-0.05, 0) is 31.4 Å². The maximum absolute atomic E-state index is 15.0. The van der Waals surface area contributed by atoms with Crippen molar-refractivity contribution in [3.05, 3.63) is 39.9 Å². The number of aliphatic imine (C=N–C) groups is 1. The van der Waals surface area contributed by atoms with Crippen LogP contribution < -0.4 is 21.6 Å². The van der Waals surface area contributed by atoms with E-state index in [4.69, 9.17) is 5.84 Å². The largest absolute Gasteiger partial charge is 0.477 e. The third-order valence-electron chi connectivity index (χ3n) is 5.84. The fourth-order valence-corrected chi connectivity index (χ4v) is 4.20. The molecule has 2 fully saturated rings. The van der Waals surface area contributed by atoms with Crippen LogP contribution in [0.5, 0.6) is 0 Å². The molecular weight excluding hydrogens is 379 g/mol. The van der Waals surface area contributed by atoms with Gasteiger partial charge in [-0.1, -0.05) is 0 Å². The number of nitrogens with zero attached hydrogens (tertiary/aromatic N) is 4. The molecule has 5 rings (SSSR count). The first kappa shape index (κ1) is 18.1. The van der Waals surface area contributed by atoms with Crippen LogP contribution in [0.3, 0.4) is 0 Å². The fourth-order valence-electron chi connectivity index (χ4n) is 4.20. The molecule has 0 bridgehead atoms. The minimum Gasteiger partial charge on any atom is -0.477 e. The van der Waals surface area contributed by atoms with Crippen LogP contribution in [0, 0.1) is 11.7 Å². The lowest BCUT2D eigenvalue weighted by molar-refractivity contribution is 0.0695. The summed E-state index contributed by atoms with van der Waals surface area (Å²) in [5.41, 5.74) is 3.02. The summed E-state index contributed by atoms with van der Waals surface area (Å²) >= 11 is 0. The van der Waals surface area contributed by atoms with Crippen LogP contribution in [0.2, 0.25) is 0 Å². The number of halogens is 1. The van der Waals surface area contributed by atoms with Gasteiger partial charge >= 0.3 is 5.97 Å². The van der Waals surface area contributed by atoms with Gasteiger partial charge in [0.05, 0.1) is 11.2 Å². The first-order chi connectivity index (χ1) is 13.9. The number of carboxylic acids is 1. The highest BCUT2D eigenvalue weighted by molar-refractivity contribution is 5.94. The van der Waals surface area contributed by atoms with Crippen molar-refractivity contribution in [2.24, 2.45) is 16.8 Å².